The Bertz CT molecular complexity index is 588. The van der Waals surface area contributed by atoms with Crippen molar-refractivity contribution in [3.05, 3.63) is 35.9 Å². The van der Waals surface area contributed by atoms with Gasteiger partial charge < -0.3 is 15.4 Å². The number of benzene rings is 1. The average molecular weight is 301 g/mol. The van der Waals surface area contributed by atoms with Gasteiger partial charge in [-0.3, -0.25) is 9.59 Å². The molecule has 1 rings (SSSR count). The minimum absolute atomic E-state index is 0.170. The van der Waals surface area contributed by atoms with E-state index in [0.717, 1.165) is 5.56 Å². The SMILES string of the molecule is C[C@@H](C#N)CN(C)C(=O)/C=C\c1ccc(OCC(N)=O)cc1. The molecule has 2 amide bonds. The van der Waals surface area contributed by atoms with Crippen molar-refractivity contribution in [2.75, 3.05) is 20.2 Å². The van der Waals surface area contributed by atoms with Crippen LogP contribution in [0.2, 0.25) is 0 Å². The number of primary amides is 1. The zero-order valence-electron chi connectivity index (χ0n) is 12.7. The molecule has 0 aliphatic heterocycles. The maximum atomic E-state index is 11.9. The molecule has 0 saturated carbocycles. The number of nitriles is 1. The molecule has 2 N–H and O–H groups in total. The third kappa shape index (κ3) is 6.09. The molecule has 0 aromatic heterocycles. The van der Waals surface area contributed by atoms with Crippen LogP contribution in [-0.4, -0.2) is 36.9 Å². The maximum absolute atomic E-state index is 11.9. The predicted molar refractivity (Wildman–Crippen MR) is 82.6 cm³/mol. The van der Waals surface area contributed by atoms with Crippen LogP contribution in [0.4, 0.5) is 0 Å². The fraction of sp³-hybridized carbons (Fsp3) is 0.312. The van der Waals surface area contributed by atoms with E-state index in [1.54, 1.807) is 44.3 Å². The third-order valence-electron chi connectivity index (χ3n) is 2.82. The molecule has 0 radical (unpaired) electrons. The first kappa shape index (κ1) is 17.2. The van der Waals surface area contributed by atoms with Gasteiger partial charge in [0.1, 0.15) is 5.75 Å². The second kappa shape index (κ2) is 8.47. The van der Waals surface area contributed by atoms with Crippen LogP contribution in [0.15, 0.2) is 30.3 Å². The molecule has 0 saturated heterocycles. The van der Waals surface area contributed by atoms with E-state index in [1.807, 2.05) is 0 Å². The van der Waals surface area contributed by atoms with Gasteiger partial charge >= 0.3 is 0 Å². The van der Waals surface area contributed by atoms with Crippen molar-refractivity contribution in [2.45, 2.75) is 6.92 Å². The summed E-state index contributed by atoms with van der Waals surface area (Å²) in [6, 6.07) is 8.99. The standard InChI is InChI=1S/C16H19N3O3/c1-12(9-17)10-19(2)16(21)8-5-13-3-6-14(7-4-13)22-11-15(18)20/h3-8,12H,10-11H2,1-2H3,(H2,18,20)/b8-5-/t12-/m0/s1. The van der Waals surface area contributed by atoms with Crippen LogP contribution in [0.5, 0.6) is 5.75 Å². The monoisotopic (exact) mass is 301 g/mol. The number of nitrogens with two attached hydrogens (primary N) is 1. The van der Waals surface area contributed by atoms with Crippen LogP contribution in [0.1, 0.15) is 12.5 Å². The highest BCUT2D eigenvalue weighted by Gasteiger charge is 2.08. The van der Waals surface area contributed by atoms with E-state index in [4.69, 9.17) is 15.7 Å². The van der Waals surface area contributed by atoms with Crippen molar-refractivity contribution in [3.63, 3.8) is 0 Å². The van der Waals surface area contributed by atoms with Crippen molar-refractivity contribution < 1.29 is 14.3 Å². The fourth-order valence-corrected chi connectivity index (χ4v) is 1.67. The molecule has 0 bridgehead atoms. The predicted octanol–water partition coefficient (Wildman–Crippen LogP) is 1.18. The van der Waals surface area contributed by atoms with Crippen LogP contribution < -0.4 is 10.5 Å². The molecule has 6 nitrogen and oxygen atoms in total. The molecule has 0 unspecified atom stereocenters. The van der Waals surface area contributed by atoms with Gasteiger partial charge in [-0.05, 0) is 30.7 Å². The van der Waals surface area contributed by atoms with Gasteiger partial charge in [0.25, 0.3) is 5.91 Å². The van der Waals surface area contributed by atoms with Crippen molar-refractivity contribution in [3.8, 4) is 11.8 Å². The number of likely N-dealkylation sites (N-methyl/N-ethyl adjacent to an activating group) is 1. The van der Waals surface area contributed by atoms with Gasteiger partial charge in [-0.2, -0.15) is 5.26 Å². The Morgan fingerprint density at radius 3 is 2.59 bits per heavy atom. The molecule has 0 aliphatic rings. The lowest BCUT2D eigenvalue weighted by Gasteiger charge is -2.15. The van der Waals surface area contributed by atoms with E-state index in [0.29, 0.717) is 12.3 Å². The lowest BCUT2D eigenvalue weighted by atomic mass is 10.2. The normalized spacial score (nSPS) is 11.7. The summed E-state index contributed by atoms with van der Waals surface area (Å²) in [5.74, 6) is -0.383. The van der Waals surface area contributed by atoms with Crippen LogP contribution in [0, 0.1) is 17.2 Å². The first-order valence-electron chi connectivity index (χ1n) is 6.76. The van der Waals surface area contributed by atoms with Crippen LogP contribution in [0.25, 0.3) is 6.08 Å². The van der Waals surface area contributed by atoms with Gasteiger partial charge in [-0.25, -0.2) is 0 Å². The lowest BCUT2D eigenvalue weighted by molar-refractivity contribution is -0.125. The summed E-state index contributed by atoms with van der Waals surface area (Å²) in [6.45, 7) is 1.98. The summed E-state index contributed by atoms with van der Waals surface area (Å²) in [6.07, 6.45) is 3.12. The molecular weight excluding hydrogens is 282 g/mol. The second-order valence-corrected chi connectivity index (χ2v) is 4.91. The Morgan fingerprint density at radius 2 is 2.05 bits per heavy atom. The lowest BCUT2D eigenvalue weighted by Crippen LogP contribution is -2.29. The van der Waals surface area contributed by atoms with E-state index in [1.165, 1.54) is 11.0 Å². The fourth-order valence-electron chi connectivity index (χ4n) is 1.67. The number of carbonyl (C=O) groups excluding carboxylic acids is 2. The maximum Gasteiger partial charge on any atom is 0.255 e. The molecule has 1 aromatic carbocycles. The van der Waals surface area contributed by atoms with E-state index < -0.39 is 5.91 Å². The third-order valence-corrected chi connectivity index (χ3v) is 2.82. The van der Waals surface area contributed by atoms with E-state index >= 15 is 0 Å². The summed E-state index contributed by atoms with van der Waals surface area (Å²) in [7, 11) is 1.65. The molecular formula is C16H19N3O3. The highest BCUT2D eigenvalue weighted by Crippen LogP contribution is 2.13. The number of hydrogen-bond acceptors (Lipinski definition) is 4. The first-order valence-corrected chi connectivity index (χ1v) is 6.76. The summed E-state index contributed by atoms with van der Waals surface area (Å²) in [5, 5.41) is 8.73. The summed E-state index contributed by atoms with van der Waals surface area (Å²) < 4.78 is 5.14. The van der Waals surface area contributed by atoms with Gasteiger partial charge in [-0.1, -0.05) is 12.1 Å². The van der Waals surface area contributed by atoms with Crippen molar-refractivity contribution in [1.29, 1.82) is 5.26 Å². The van der Waals surface area contributed by atoms with Gasteiger partial charge in [0, 0.05) is 19.7 Å². The Kier molecular flexibility index (Phi) is 6.64. The Morgan fingerprint density at radius 1 is 1.41 bits per heavy atom. The zero-order valence-corrected chi connectivity index (χ0v) is 12.7. The highest BCUT2D eigenvalue weighted by atomic mass is 16.5. The minimum Gasteiger partial charge on any atom is -0.484 e. The molecule has 6 heteroatoms. The van der Waals surface area contributed by atoms with Crippen LogP contribution in [-0.2, 0) is 9.59 Å². The minimum atomic E-state index is -0.538. The van der Waals surface area contributed by atoms with E-state index in [-0.39, 0.29) is 18.4 Å². The van der Waals surface area contributed by atoms with Gasteiger partial charge in [-0.15, -0.1) is 0 Å². The average Bonchev–Trinajstić information content (AvgIpc) is 2.51. The van der Waals surface area contributed by atoms with Gasteiger partial charge in [0.15, 0.2) is 6.61 Å². The molecule has 0 spiro atoms. The van der Waals surface area contributed by atoms with Crippen molar-refractivity contribution in [2.24, 2.45) is 11.7 Å². The molecule has 0 heterocycles. The molecule has 0 fully saturated rings. The van der Waals surface area contributed by atoms with Gasteiger partial charge in [0.05, 0.1) is 12.0 Å². The quantitative estimate of drug-likeness (QED) is 0.765. The molecule has 1 atom stereocenters. The number of hydrogen-bond donors (Lipinski definition) is 1. The number of nitrogens with zero attached hydrogens (tertiary/aromatic N) is 2. The summed E-state index contributed by atoms with van der Waals surface area (Å²) in [4.78, 5) is 24.0. The Hall–Kier alpha value is -2.81. The van der Waals surface area contributed by atoms with Gasteiger partial charge in [0.2, 0.25) is 5.91 Å². The van der Waals surface area contributed by atoms with Crippen molar-refractivity contribution in [1.82, 2.24) is 4.90 Å². The first-order chi connectivity index (χ1) is 10.4. The smallest absolute Gasteiger partial charge is 0.255 e. The number of carbonyl (C=O) groups is 2. The van der Waals surface area contributed by atoms with E-state index in [9.17, 15) is 9.59 Å². The van der Waals surface area contributed by atoms with Crippen LogP contribution in [0.3, 0.4) is 0 Å². The van der Waals surface area contributed by atoms with Crippen LogP contribution >= 0.6 is 0 Å². The number of amides is 2. The molecule has 116 valence electrons. The summed E-state index contributed by atoms with van der Waals surface area (Å²) in [5.41, 5.74) is 5.81. The molecule has 22 heavy (non-hydrogen) atoms. The second-order valence-electron chi connectivity index (χ2n) is 4.91. The molecule has 1 aromatic rings. The van der Waals surface area contributed by atoms with E-state index in [2.05, 4.69) is 6.07 Å². The van der Waals surface area contributed by atoms with Crippen molar-refractivity contribution >= 4 is 17.9 Å². The highest BCUT2D eigenvalue weighted by molar-refractivity contribution is 5.91. The topological polar surface area (TPSA) is 96.4 Å². The Balaban J connectivity index is 2.57. The zero-order chi connectivity index (χ0) is 16.5. The molecule has 0 aliphatic carbocycles. The number of rotatable bonds is 7. The number of ether oxygens (including phenoxy) is 1. The largest absolute Gasteiger partial charge is 0.484 e. The summed E-state index contributed by atoms with van der Waals surface area (Å²) >= 11 is 0. The Labute approximate surface area is 129 Å².